The highest BCUT2D eigenvalue weighted by Gasteiger charge is 2.22. The average molecular weight is 226 g/mol. The third-order valence-electron chi connectivity index (χ3n) is 1.37. The van der Waals surface area contributed by atoms with Gasteiger partial charge in [0, 0.05) is 6.26 Å². The van der Waals surface area contributed by atoms with Crippen molar-refractivity contribution in [3.8, 4) is 0 Å². The molecule has 0 aromatic carbocycles. The summed E-state index contributed by atoms with van der Waals surface area (Å²) in [5.74, 6) is -0.891. The van der Waals surface area contributed by atoms with Crippen LogP contribution in [0.5, 0.6) is 0 Å². The van der Waals surface area contributed by atoms with E-state index >= 15 is 0 Å². The largest absolute Gasteiger partial charge is 0.565 e. The lowest BCUT2D eigenvalue weighted by atomic mass is 10.3. The molecule has 0 aromatic heterocycles. The van der Waals surface area contributed by atoms with E-state index < -0.39 is 21.7 Å². The molecule has 0 heterocycles. The van der Waals surface area contributed by atoms with Gasteiger partial charge in [-0.3, -0.25) is 0 Å². The van der Waals surface area contributed by atoms with Crippen LogP contribution in [0.4, 0.5) is 0 Å². The first-order chi connectivity index (χ1) is 6.28. The predicted octanol–water partition coefficient (Wildman–Crippen LogP) is -1.72. The third kappa shape index (κ3) is 4.93. The van der Waals surface area contributed by atoms with E-state index in [0.29, 0.717) is 0 Å². The van der Waals surface area contributed by atoms with Gasteiger partial charge in [0.2, 0.25) is 0 Å². The minimum atomic E-state index is -3.32. The monoisotopic (exact) mass is 226 g/mol. The van der Waals surface area contributed by atoms with Crippen LogP contribution in [0.25, 0.3) is 0 Å². The van der Waals surface area contributed by atoms with E-state index in [1.807, 2.05) is 0 Å². The maximum atomic E-state index is 10.8. The molecule has 0 aromatic rings. The summed E-state index contributed by atoms with van der Waals surface area (Å²) < 4.78 is 26.3. The summed E-state index contributed by atoms with van der Waals surface area (Å²) >= 11 is 0. The van der Waals surface area contributed by atoms with Crippen LogP contribution < -0.4 is 5.73 Å². The minimum absolute atomic E-state index is 0.241. The highest BCUT2D eigenvalue weighted by molar-refractivity contribution is 7.90. The zero-order chi connectivity index (χ0) is 11.4. The van der Waals surface area contributed by atoms with Crippen molar-refractivity contribution in [1.82, 2.24) is 0 Å². The fraction of sp³-hybridized carbons (Fsp3) is 0.714. The summed E-state index contributed by atoms with van der Waals surface area (Å²) in [6, 6.07) is 0. The maximum Gasteiger partial charge on any atom is 0.473 e. The van der Waals surface area contributed by atoms with Gasteiger partial charge >= 0.3 is 5.95 Å². The number of rotatable bonds is 5. The van der Waals surface area contributed by atoms with Crippen LogP contribution in [0, 0.1) is 0 Å². The van der Waals surface area contributed by atoms with Crippen LogP contribution in [-0.2, 0) is 14.6 Å². The van der Waals surface area contributed by atoms with Crippen molar-refractivity contribution in [3.05, 3.63) is 11.6 Å². The number of hydrogen-bond acceptors (Lipinski definition) is 5. The summed E-state index contributed by atoms with van der Waals surface area (Å²) in [6.45, 7) is 1.90. The fourth-order valence-corrected chi connectivity index (χ4v) is 1.51. The standard InChI is InChI=1S/C7H15NO5S/c1-3-13-7(10)6(8)5(9)4-14(2,11)12/h5,9-10H,3-4,8H2,1-2H3/p+1/b7-6+. The highest BCUT2D eigenvalue weighted by atomic mass is 32.2. The van der Waals surface area contributed by atoms with Crippen molar-refractivity contribution in [3.63, 3.8) is 0 Å². The Balaban J connectivity index is 4.53. The second kappa shape index (κ2) is 5.06. The molecule has 6 nitrogen and oxygen atoms in total. The van der Waals surface area contributed by atoms with Gasteiger partial charge in [-0.25, -0.2) is 8.42 Å². The third-order valence-corrected chi connectivity index (χ3v) is 2.29. The number of aliphatic hydroxyl groups excluding tert-OH is 1. The molecule has 0 fully saturated rings. The van der Waals surface area contributed by atoms with Gasteiger partial charge in [-0.1, -0.05) is 0 Å². The summed E-state index contributed by atoms with van der Waals surface area (Å²) in [6.07, 6.45) is -0.405. The number of aliphatic hydroxyl groups is 1. The molecule has 0 aliphatic rings. The van der Waals surface area contributed by atoms with E-state index in [-0.39, 0.29) is 18.2 Å². The molecule has 0 bridgehead atoms. The molecule has 84 valence electrons. The van der Waals surface area contributed by atoms with Gasteiger partial charge in [-0.2, -0.15) is 0 Å². The number of sulfone groups is 1. The molecule has 1 atom stereocenters. The number of hydrogen-bond donors (Lipinski definition) is 2. The van der Waals surface area contributed by atoms with E-state index in [1.165, 1.54) is 0 Å². The van der Waals surface area contributed by atoms with E-state index in [0.717, 1.165) is 6.26 Å². The van der Waals surface area contributed by atoms with Crippen LogP contribution >= 0.6 is 0 Å². The number of nitrogens with two attached hydrogens (primary N) is 1. The lowest BCUT2D eigenvalue weighted by molar-refractivity contribution is 0.0870. The molecule has 0 rings (SSSR count). The van der Waals surface area contributed by atoms with Gasteiger partial charge in [0.15, 0.2) is 12.3 Å². The Morgan fingerprint density at radius 2 is 2.14 bits per heavy atom. The van der Waals surface area contributed by atoms with Gasteiger partial charge in [0.1, 0.15) is 15.9 Å². The summed E-state index contributed by atoms with van der Waals surface area (Å²) in [4.78, 5) is 0. The first-order valence-corrected chi connectivity index (χ1v) is 6.03. The molecule has 5 N–H and O–H groups in total. The smallest absolute Gasteiger partial charge is 0.473 e. The van der Waals surface area contributed by atoms with Gasteiger partial charge in [0.05, 0.1) is 5.75 Å². The van der Waals surface area contributed by atoms with Crippen molar-refractivity contribution in [2.75, 3.05) is 18.6 Å². The summed E-state index contributed by atoms with van der Waals surface area (Å²) in [7, 11) is -3.32. The Morgan fingerprint density at radius 1 is 1.64 bits per heavy atom. The van der Waals surface area contributed by atoms with Gasteiger partial charge in [0.25, 0.3) is 0 Å². The van der Waals surface area contributed by atoms with E-state index in [9.17, 15) is 13.5 Å². The van der Waals surface area contributed by atoms with Gasteiger partial charge in [-0.15, -0.1) is 0 Å². The zero-order valence-electron chi connectivity index (χ0n) is 8.15. The second-order valence-electron chi connectivity index (χ2n) is 2.83. The van der Waals surface area contributed by atoms with Gasteiger partial charge in [-0.05, 0) is 6.92 Å². The Kier molecular flexibility index (Phi) is 4.72. The molecule has 0 aliphatic heterocycles. The van der Waals surface area contributed by atoms with Gasteiger partial charge < -0.3 is 20.7 Å². The molecular weight excluding hydrogens is 210 g/mol. The van der Waals surface area contributed by atoms with Crippen LogP contribution in [0.15, 0.2) is 11.6 Å². The Labute approximate surface area is 82.9 Å². The van der Waals surface area contributed by atoms with Crippen LogP contribution in [0.1, 0.15) is 6.92 Å². The molecule has 7 heteroatoms. The fourth-order valence-electron chi connectivity index (χ4n) is 0.756. The average Bonchev–Trinajstić information content (AvgIpc) is 2.00. The Morgan fingerprint density at radius 3 is 2.50 bits per heavy atom. The van der Waals surface area contributed by atoms with E-state index in [1.54, 1.807) is 6.92 Å². The first-order valence-electron chi connectivity index (χ1n) is 3.97. The highest BCUT2D eigenvalue weighted by Crippen LogP contribution is 2.04. The number of ether oxygens (including phenoxy) is 1. The Bertz CT molecular complexity index is 308. The molecule has 0 amide bonds. The molecule has 1 unspecified atom stereocenters. The normalized spacial score (nSPS) is 15.9. The maximum absolute atomic E-state index is 10.8. The van der Waals surface area contributed by atoms with Crippen molar-refractivity contribution in [2.45, 2.75) is 13.0 Å². The second-order valence-corrected chi connectivity index (χ2v) is 5.01. The lowest BCUT2D eigenvalue weighted by Crippen LogP contribution is -2.28. The summed E-state index contributed by atoms with van der Waals surface area (Å²) in [5.41, 5.74) is 5.04. The van der Waals surface area contributed by atoms with Crippen molar-refractivity contribution in [1.29, 1.82) is 0 Å². The van der Waals surface area contributed by atoms with Crippen LogP contribution in [-0.4, -0.2) is 43.4 Å². The van der Waals surface area contributed by atoms with Crippen molar-refractivity contribution >= 4 is 9.84 Å². The SMILES string of the molecule is CCO/C([OH2+])=C(/N)C(O)CS(C)(=O)=O. The molecular formula is C7H16NO5S+. The molecule has 0 aliphatic carbocycles. The molecule has 14 heavy (non-hydrogen) atoms. The lowest BCUT2D eigenvalue weighted by Gasteiger charge is -2.07. The van der Waals surface area contributed by atoms with Crippen LogP contribution in [0.2, 0.25) is 0 Å². The molecule has 0 saturated heterocycles. The zero-order valence-corrected chi connectivity index (χ0v) is 8.97. The molecule has 0 radical (unpaired) electrons. The molecule has 0 saturated carbocycles. The van der Waals surface area contributed by atoms with E-state index in [4.69, 9.17) is 15.6 Å². The quantitative estimate of drug-likeness (QED) is 0.428. The molecule has 0 spiro atoms. The Hall–Kier alpha value is -0.950. The van der Waals surface area contributed by atoms with Crippen LogP contribution in [0.3, 0.4) is 0 Å². The minimum Gasteiger partial charge on any atom is -0.565 e. The summed E-state index contributed by atoms with van der Waals surface area (Å²) in [5, 5.41) is 16.5. The predicted molar refractivity (Wildman–Crippen MR) is 52.2 cm³/mol. The van der Waals surface area contributed by atoms with Crippen molar-refractivity contribution in [2.24, 2.45) is 5.73 Å². The topological polar surface area (TPSA) is 113 Å². The first kappa shape index (κ1) is 13.1. The van der Waals surface area contributed by atoms with E-state index in [2.05, 4.69) is 0 Å². The van der Waals surface area contributed by atoms with Crippen molar-refractivity contribution < 1.29 is 23.4 Å².